The van der Waals surface area contributed by atoms with Crippen LogP contribution in [0.15, 0.2) is 35.5 Å². The van der Waals surface area contributed by atoms with E-state index in [4.69, 9.17) is 9.47 Å². The summed E-state index contributed by atoms with van der Waals surface area (Å²) in [5.41, 5.74) is 2.21. The van der Waals surface area contributed by atoms with E-state index in [0.717, 1.165) is 24.0 Å². The van der Waals surface area contributed by atoms with Crippen molar-refractivity contribution in [1.82, 2.24) is 0 Å². The Hall–Kier alpha value is -1.88. The zero-order valence-electron chi connectivity index (χ0n) is 13.0. The number of esters is 2. The molecule has 0 unspecified atom stereocenters. The number of aliphatic hydroxyl groups is 1. The lowest BCUT2D eigenvalue weighted by atomic mass is 9.85. The minimum atomic E-state index is -0.570. The van der Waals surface area contributed by atoms with E-state index < -0.39 is 30.1 Å². The first-order valence-corrected chi connectivity index (χ1v) is 7.45. The number of fused-ring (bicyclic) bond motifs is 1. The van der Waals surface area contributed by atoms with Crippen molar-refractivity contribution in [3.8, 4) is 0 Å². The van der Waals surface area contributed by atoms with E-state index in [-0.39, 0.29) is 6.61 Å². The number of allylic oxidation sites excluding steroid dienone is 2. The van der Waals surface area contributed by atoms with Gasteiger partial charge in [0.25, 0.3) is 0 Å². The molecular formula is C17H22O5. The first-order chi connectivity index (χ1) is 10.4. The fraction of sp³-hybridized carbons (Fsp3) is 0.529. The SMILES string of the molecule is C=C1C(=O)O[C@H]2C/C(CO)=C\CC/C(C)=C/[C@H](OC(C)=O)[C@H]12. The molecule has 0 saturated carbocycles. The van der Waals surface area contributed by atoms with E-state index in [1.165, 1.54) is 6.92 Å². The molecule has 1 N–H and O–H groups in total. The van der Waals surface area contributed by atoms with Gasteiger partial charge in [-0.05, 0) is 31.4 Å². The third-order valence-corrected chi connectivity index (χ3v) is 4.07. The van der Waals surface area contributed by atoms with Crippen molar-refractivity contribution < 1.29 is 24.2 Å². The smallest absolute Gasteiger partial charge is 0.334 e. The van der Waals surface area contributed by atoms with Crippen molar-refractivity contribution >= 4 is 11.9 Å². The highest BCUT2D eigenvalue weighted by atomic mass is 16.6. The Morgan fingerprint density at radius 2 is 2.27 bits per heavy atom. The second-order valence-corrected chi connectivity index (χ2v) is 5.85. The normalized spacial score (nSPS) is 33.9. The molecule has 0 bridgehead atoms. The Bertz CT molecular complexity index is 543. The van der Waals surface area contributed by atoms with E-state index in [1.54, 1.807) is 0 Å². The highest BCUT2D eigenvalue weighted by molar-refractivity contribution is 5.91. The number of rotatable bonds is 2. The topological polar surface area (TPSA) is 72.8 Å². The van der Waals surface area contributed by atoms with Crippen LogP contribution in [-0.2, 0) is 19.1 Å². The number of aliphatic hydroxyl groups excluding tert-OH is 1. The zero-order valence-corrected chi connectivity index (χ0v) is 13.0. The predicted octanol–water partition coefficient (Wildman–Crippen LogP) is 2.06. The standard InChI is InChI=1S/C17H22O5/c1-10-5-4-6-13(9-18)8-15-16(11(2)17(20)22-15)14(7-10)21-12(3)19/h6-7,14-16,18H,2,4-5,8-9H2,1,3H3/b10-7+,13-6+/t14-,15-,16-/m0/s1. The van der Waals surface area contributed by atoms with Crippen LogP contribution < -0.4 is 0 Å². The summed E-state index contributed by atoms with van der Waals surface area (Å²) in [5, 5.41) is 9.47. The second kappa shape index (κ2) is 6.92. The van der Waals surface area contributed by atoms with Gasteiger partial charge in [0.05, 0.1) is 12.5 Å². The molecule has 3 atom stereocenters. The molecule has 1 aliphatic carbocycles. The first-order valence-electron chi connectivity index (χ1n) is 7.45. The van der Waals surface area contributed by atoms with E-state index >= 15 is 0 Å². The van der Waals surface area contributed by atoms with Gasteiger partial charge in [0.2, 0.25) is 0 Å². The van der Waals surface area contributed by atoms with Crippen LogP contribution in [0.3, 0.4) is 0 Å². The van der Waals surface area contributed by atoms with Crippen LogP contribution in [0.2, 0.25) is 0 Å². The lowest BCUT2D eigenvalue weighted by Gasteiger charge is -2.26. The summed E-state index contributed by atoms with van der Waals surface area (Å²) in [4.78, 5) is 23.3. The lowest BCUT2D eigenvalue weighted by molar-refractivity contribution is -0.147. The minimum absolute atomic E-state index is 0.0752. The summed E-state index contributed by atoms with van der Waals surface area (Å²) < 4.78 is 10.8. The van der Waals surface area contributed by atoms with Gasteiger partial charge in [0, 0.05) is 18.9 Å². The van der Waals surface area contributed by atoms with Gasteiger partial charge in [-0.25, -0.2) is 4.79 Å². The Morgan fingerprint density at radius 3 is 2.91 bits per heavy atom. The quantitative estimate of drug-likeness (QED) is 0.480. The van der Waals surface area contributed by atoms with Crippen molar-refractivity contribution in [1.29, 1.82) is 0 Å². The van der Waals surface area contributed by atoms with Gasteiger partial charge in [-0.3, -0.25) is 4.79 Å². The molecule has 22 heavy (non-hydrogen) atoms. The largest absolute Gasteiger partial charge is 0.458 e. The van der Waals surface area contributed by atoms with Crippen LogP contribution in [0.1, 0.15) is 33.1 Å². The maximum atomic E-state index is 11.9. The summed E-state index contributed by atoms with van der Waals surface area (Å²) in [6, 6.07) is 0. The van der Waals surface area contributed by atoms with Crippen molar-refractivity contribution in [3.63, 3.8) is 0 Å². The molecule has 0 amide bonds. The fourth-order valence-corrected chi connectivity index (χ4v) is 2.97. The summed E-state index contributed by atoms with van der Waals surface area (Å²) in [5.74, 6) is -1.29. The monoisotopic (exact) mass is 306 g/mol. The highest BCUT2D eigenvalue weighted by Crippen LogP contribution is 2.36. The number of carbonyl (C=O) groups is 2. The van der Waals surface area contributed by atoms with Gasteiger partial charge >= 0.3 is 11.9 Å². The maximum Gasteiger partial charge on any atom is 0.334 e. The van der Waals surface area contributed by atoms with Crippen LogP contribution in [-0.4, -0.2) is 35.9 Å². The summed E-state index contributed by atoms with van der Waals surface area (Å²) in [7, 11) is 0. The zero-order chi connectivity index (χ0) is 16.3. The van der Waals surface area contributed by atoms with Gasteiger partial charge < -0.3 is 14.6 Å². The highest BCUT2D eigenvalue weighted by Gasteiger charge is 2.44. The van der Waals surface area contributed by atoms with E-state index in [2.05, 4.69) is 6.58 Å². The van der Waals surface area contributed by atoms with Crippen molar-refractivity contribution in [2.24, 2.45) is 5.92 Å². The third-order valence-electron chi connectivity index (χ3n) is 4.07. The molecule has 0 radical (unpaired) electrons. The predicted molar refractivity (Wildman–Crippen MR) is 80.8 cm³/mol. The molecule has 2 aliphatic rings. The van der Waals surface area contributed by atoms with Crippen molar-refractivity contribution in [2.75, 3.05) is 6.61 Å². The molecule has 1 heterocycles. The molecule has 1 fully saturated rings. The lowest BCUT2D eigenvalue weighted by Crippen LogP contribution is -2.32. The van der Waals surface area contributed by atoms with Gasteiger partial charge in [-0.15, -0.1) is 0 Å². The molecule has 2 rings (SSSR count). The Morgan fingerprint density at radius 1 is 1.55 bits per heavy atom. The Kier molecular flexibility index (Phi) is 5.19. The molecule has 0 aromatic carbocycles. The number of hydrogen-bond acceptors (Lipinski definition) is 5. The third kappa shape index (κ3) is 3.65. The average molecular weight is 306 g/mol. The summed E-state index contributed by atoms with van der Waals surface area (Å²) >= 11 is 0. The molecule has 0 spiro atoms. The van der Waals surface area contributed by atoms with Crippen LogP contribution in [0.25, 0.3) is 0 Å². The molecule has 0 aromatic rings. The molecule has 0 aromatic heterocycles. The van der Waals surface area contributed by atoms with Crippen LogP contribution >= 0.6 is 0 Å². The van der Waals surface area contributed by atoms with Crippen molar-refractivity contribution in [3.05, 3.63) is 35.5 Å². The number of hydrogen-bond donors (Lipinski definition) is 1. The van der Waals surface area contributed by atoms with E-state index in [0.29, 0.717) is 12.0 Å². The number of carbonyl (C=O) groups excluding carboxylic acids is 2. The van der Waals surface area contributed by atoms with Crippen LogP contribution in [0, 0.1) is 5.92 Å². The second-order valence-electron chi connectivity index (χ2n) is 5.85. The minimum Gasteiger partial charge on any atom is -0.458 e. The van der Waals surface area contributed by atoms with E-state index in [1.807, 2.05) is 19.1 Å². The molecule has 1 saturated heterocycles. The van der Waals surface area contributed by atoms with Gasteiger partial charge in [0.1, 0.15) is 12.2 Å². The van der Waals surface area contributed by atoms with Gasteiger partial charge in [-0.2, -0.15) is 0 Å². The maximum absolute atomic E-state index is 11.9. The summed E-state index contributed by atoms with van der Waals surface area (Å²) in [6.45, 7) is 7.03. The average Bonchev–Trinajstić information content (AvgIpc) is 2.71. The first kappa shape index (κ1) is 16.5. The molecule has 120 valence electrons. The fourth-order valence-electron chi connectivity index (χ4n) is 2.97. The molecular weight excluding hydrogens is 284 g/mol. The molecule has 1 aliphatic heterocycles. The summed E-state index contributed by atoms with van der Waals surface area (Å²) in [6.07, 6.45) is 4.84. The van der Waals surface area contributed by atoms with Gasteiger partial charge in [-0.1, -0.05) is 18.2 Å². The van der Waals surface area contributed by atoms with Crippen LogP contribution in [0.5, 0.6) is 0 Å². The van der Waals surface area contributed by atoms with E-state index in [9.17, 15) is 14.7 Å². The molecule has 5 nitrogen and oxygen atoms in total. The Labute approximate surface area is 130 Å². The van der Waals surface area contributed by atoms with Crippen molar-refractivity contribution in [2.45, 2.75) is 45.3 Å². The van der Waals surface area contributed by atoms with Gasteiger partial charge in [0.15, 0.2) is 0 Å². The number of ether oxygens (including phenoxy) is 2. The molecule has 5 heteroatoms. The Balaban J connectivity index is 2.39. The van der Waals surface area contributed by atoms with Crippen LogP contribution in [0.4, 0.5) is 0 Å².